The van der Waals surface area contributed by atoms with E-state index in [-0.39, 0.29) is 24.4 Å². The number of nitrogens with two attached hydrogens (primary N) is 1. The molecule has 0 heterocycles. The molecule has 5 nitrogen and oxygen atoms in total. The Morgan fingerprint density at radius 3 is 2.68 bits per heavy atom. The van der Waals surface area contributed by atoms with Crippen molar-refractivity contribution < 1.29 is 10.3 Å². The van der Waals surface area contributed by atoms with Crippen molar-refractivity contribution in [1.29, 1.82) is 0 Å². The molecular weight excluding hydrogens is 266 g/mol. The second-order valence-electron chi connectivity index (χ2n) is 4.62. The van der Waals surface area contributed by atoms with Gasteiger partial charge in [-0.3, -0.25) is 0 Å². The first-order valence-electron chi connectivity index (χ1n) is 6.10. The molecule has 2 atom stereocenters. The third-order valence-electron chi connectivity index (χ3n) is 3.21. The lowest BCUT2D eigenvalue weighted by molar-refractivity contribution is 0.207. The molecule has 0 saturated heterocycles. The summed E-state index contributed by atoms with van der Waals surface area (Å²) in [7, 11) is 0. The second kappa shape index (κ2) is 7.33. The van der Waals surface area contributed by atoms with Crippen LogP contribution >= 0.6 is 11.6 Å². The van der Waals surface area contributed by atoms with Gasteiger partial charge in [0.15, 0.2) is 5.84 Å². The van der Waals surface area contributed by atoms with E-state index < -0.39 is 0 Å². The Morgan fingerprint density at radius 2 is 2.16 bits per heavy atom. The summed E-state index contributed by atoms with van der Waals surface area (Å²) >= 11 is 6.15. The van der Waals surface area contributed by atoms with E-state index in [1.165, 1.54) is 0 Å². The van der Waals surface area contributed by atoms with Crippen molar-refractivity contribution in [1.82, 2.24) is 5.32 Å². The Kier molecular flexibility index (Phi) is 6.08. The molecule has 1 aromatic rings. The van der Waals surface area contributed by atoms with Gasteiger partial charge in [-0.15, -0.1) is 0 Å². The second-order valence-corrected chi connectivity index (χ2v) is 5.03. The van der Waals surface area contributed by atoms with E-state index in [9.17, 15) is 0 Å². The van der Waals surface area contributed by atoms with Crippen LogP contribution in [0.4, 0.5) is 0 Å². The lowest BCUT2D eigenvalue weighted by atomic mass is 10.0. The minimum atomic E-state index is 0.0312. The van der Waals surface area contributed by atoms with Gasteiger partial charge in [-0.1, -0.05) is 35.8 Å². The van der Waals surface area contributed by atoms with Crippen LogP contribution < -0.4 is 11.1 Å². The molecule has 19 heavy (non-hydrogen) atoms. The van der Waals surface area contributed by atoms with Crippen molar-refractivity contribution in [2.24, 2.45) is 16.8 Å². The van der Waals surface area contributed by atoms with Crippen molar-refractivity contribution in [3.05, 3.63) is 34.3 Å². The number of nitrogens with zero attached hydrogens (tertiary/aromatic N) is 1. The zero-order valence-corrected chi connectivity index (χ0v) is 11.9. The number of hydrogen-bond acceptors (Lipinski definition) is 4. The summed E-state index contributed by atoms with van der Waals surface area (Å²) in [5.41, 5.74) is 6.99. The number of amidine groups is 1. The number of benzene rings is 1. The van der Waals surface area contributed by atoms with Crippen LogP contribution in [0.5, 0.6) is 0 Å². The van der Waals surface area contributed by atoms with Gasteiger partial charge < -0.3 is 21.4 Å². The average Bonchev–Trinajstić information content (AvgIpc) is 2.43. The summed E-state index contributed by atoms with van der Waals surface area (Å²) < 4.78 is 0. The number of halogens is 1. The summed E-state index contributed by atoms with van der Waals surface area (Å²) in [4.78, 5) is 0. The molecule has 1 aromatic carbocycles. The van der Waals surface area contributed by atoms with Crippen molar-refractivity contribution in [2.45, 2.75) is 26.4 Å². The monoisotopic (exact) mass is 285 g/mol. The third-order valence-corrected chi connectivity index (χ3v) is 3.56. The zero-order chi connectivity index (χ0) is 14.4. The molecule has 6 heteroatoms. The van der Waals surface area contributed by atoms with E-state index in [2.05, 4.69) is 10.5 Å². The van der Waals surface area contributed by atoms with Crippen LogP contribution in [-0.4, -0.2) is 28.8 Å². The van der Waals surface area contributed by atoms with Crippen molar-refractivity contribution in [3.8, 4) is 0 Å². The van der Waals surface area contributed by atoms with Crippen molar-refractivity contribution in [2.75, 3.05) is 6.61 Å². The molecule has 0 aromatic heterocycles. The standard InChI is InChI=1S/C13H20ClN3O2/c1-8(7-18)9(2)16-6-11-4-3-10(5-12(11)14)13(15)17-19/h3-5,8-9,16,18-19H,6-7H2,1-2H3,(H2,15,17). The SMILES string of the molecule is CC(CO)C(C)NCc1ccc(/C(N)=N/O)cc1Cl. The normalized spacial score (nSPS) is 15.3. The molecule has 0 amide bonds. The first-order chi connectivity index (χ1) is 8.99. The van der Waals surface area contributed by atoms with Crippen LogP contribution in [0.15, 0.2) is 23.4 Å². The fourth-order valence-electron chi connectivity index (χ4n) is 1.54. The Bertz CT molecular complexity index is 452. The van der Waals surface area contributed by atoms with Crippen molar-refractivity contribution >= 4 is 17.4 Å². The first-order valence-corrected chi connectivity index (χ1v) is 6.48. The maximum Gasteiger partial charge on any atom is 0.170 e. The zero-order valence-electron chi connectivity index (χ0n) is 11.1. The lowest BCUT2D eigenvalue weighted by Crippen LogP contribution is -2.33. The van der Waals surface area contributed by atoms with Gasteiger partial charge in [0.05, 0.1) is 0 Å². The van der Waals surface area contributed by atoms with Gasteiger partial charge in [-0.2, -0.15) is 0 Å². The van der Waals surface area contributed by atoms with Gasteiger partial charge in [0, 0.05) is 29.8 Å². The summed E-state index contributed by atoms with van der Waals surface area (Å²) in [5.74, 6) is 0.207. The van der Waals surface area contributed by atoms with Crippen LogP contribution in [0.1, 0.15) is 25.0 Å². The van der Waals surface area contributed by atoms with E-state index in [1.54, 1.807) is 12.1 Å². The number of rotatable bonds is 6. The Labute approximate surface area is 118 Å². The maximum absolute atomic E-state index is 9.06. The minimum Gasteiger partial charge on any atom is -0.409 e. The maximum atomic E-state index is 9.06. The summed E-state index contributed by atoms with van der Waals surface area (Å²) in [5, 5.41) is 24.4. The fraction of sp³-hybridized carbons (Fsp3) is 0.462. The molecule has 0 spiro atoms. The Hall–Kier alpha value is -1.30. The quantitative estimate of drug-likeness (QED) is 0.276. The third kappa shape index (κ3) is 4.38. The predicted octanol–water partition coefficient (Wildman–Crippen LogP) is 1.54. The number of nitrogens with one attached hydrogen (secondary N) is 1. The van der Waals surface area contributed by atoms with Crippen LogP contribution in [-0.2, 0) is 6.54 Å². The van der Waals surface area contributed by atoms with Gasteiger partial charge in [-0.25, -0.2) is 0 Å². The highest BCUT2D eigenvalue weighted by atomic mass is 35.5. The molecule has 0 aliphatic heterocycles. The molecular formula is C13H20ClN3O2. The van der Waals surface area contributed by atoms with Crippen LogP contribution in [0.2, 0.25) is 5.02 Å². The molecule has 5 N–H and O–H groups in total. The van der Waals surface area contributed by atoms with Gasteiger partial charge in [-0.05, 0) is 24.5 Å². The summed E-state index contributed by atoms with van der Waals surface area (Å²) in [6.45, 7) is 4.73. The molecule has 106 valence electrons. The highest BCUT2D eigenvalue weighted by Gasteiger charge is 2.11. The number of aliphatic hydroxyl groups is 1. The molecule has 2 unspecified atom stereocenters. The number of oxime groups is 1. The van der Waals surface area contributed by atoms with Gasteiger partial charge in [0.2, 0.25) is 0 Å². The molecule has 0 aliphatic carbocycles. The Balaban J connectivity index is 2.70. The Morgan fingerprint density at radius 1 is 1.47 bits per heavy atom. The molecule has 0 radical (unpaired) electrons. The first kappa shape index (κ1) is 15.8. The molecule has 0 fully saturated rings. The smallest absolute Gasteiger partial charge is 0.170 e. The topological polar surface area (TPSA) is 90.9 Å². The highest BCUT2D eigenvalue weighted by molar-refractivity contribution is 6.31. The van der Waals surface area contributed by atoms with E-state index in [1.807, 2.05) is 19.9 Å². The van der Waals surface area contributed by atoms with Gasteiger partial charge >= 0.3 is 0 Å². The fourth-order valence-corrected chi connectivity index (χ4v) is 1.79. The summed E-state index contributed by atoms with van der Waals surface area (Å²) in [6, 6.07) is 5.43. The van der Waals surface area contributed by atoms with Gasteiger partial charge in [0.1, 0.15) is 0 Å². The summed E-state index contributed by atoms with van der Waals surface area (Å²) in [6.07, 6.45) is 0. The minimum absolute atomic E-state index is 0.0312. The number of aliphatic hydroxyl groups excluding tert-OH is 1. The van der Waals surface area contributed by atoms with E-state index in [0.717, 1.165) is 5.56 Å². The predicted molar refractivity (Wildman–Crippen MR) is 76.5 cm³/mol. The van der Waals surface area contributed by atoms with E-state index in [4.69, 9.17) is 27.6 Å². The van der Waals surface area contributed by atoms with Crippen LogP contribution in [0, 0.1) is 5.92 Å². The molecule has 0 aliphatic rings. The van der Waals surface area contributed by atoms with Crippen LogP contribution in [0.25, 0.3) is 0 Å². The number of hydrogen-bond donors (Lipinski definition) is 4. The lowest BCUT2D eigenvalue weighted by Gasteiger charge is -2.19. The van der Waals surface area contributed by atoms with Gasteiger partial charge in [0.25, 0.3) is 0 Å². The van der Waals surface area contributed by atoms with E-state index in [0.29, 0.717) is 17.1 Å². The highest BCUT2D eigenvalue weighted by Crippen LogP contribution is 2.18. The van der Waals surface area contributed by atoms with Crippen molar-refractivity contribution in [3.63, 3.8) is 0 Å². The molecule has 0 bridgehead atoms. The van der Waals surface area contributed by atoms with E-state index >= 15 is 0 Å². The average molecular weight is 286 g/mol. The largest absolute Gasteiger partial charge is 0.409 e. The molecule has 1 rings (SSSR count). The molecule has 0 saturated carbocycles. The van der Waals surface area contributed by atoms with Crippen LogP contribution in [0.3, 0.4) is 0 Å².